The highest BCUT2D eigenvalue weighted by Crippen LogP contribution is 2.21. The highest BCUT2D eigenvalue weighted by atomic mass is 32.2. The predicted molar refractivity (Wildman–Crippen MR) is 66.0 cm³/mol. The number of sulfonamides is 1. The summed E-state index contributed by atoms with van der Waals surface area (Å²) >= 11 is 0. The molecule has 1 aromatic heterocycles. The molecular formula is C11H11F2N3O3S. The van der Waals surface area contributed by atoms with Crippen LogP contribution in [0, 0.1) is 18.6 Å². The zero-order chi connectivity index (χ0) is 14.9. The largest absolute Gasteiger partial charge is 0.399 e. The van der Waals surface area contributed by atoms with Crippen LogP contribution in [0.5, 0.6) is 0 Å². The predicted octanol–water partition coefficient (Wildman–Crippen LogP) is 1.32. The van der Waals surface area contributed by atoms with E-state index in [1.807, 2.05) is 4.72 Å². The molecular weight excluding hydrogens is 292 g/mol. The maximum atomic E-state index is 13.6. The molecule has 0 saturated heterocycles. The Morgan fingerprint density at radius 1 is 1.30 bits per heavy atom. The van der Waals surface area contributed by atoms with E-state index in [2.05, 4.69) is 5.16 Å². The molecule has 1 aromatic carbocycles. The lowest BCUT2D eigenvalue weighted by Gasteiger charge is -2.08. The molecule has 3 N–H and O–H groups in total. The lowest BCUT2D eigenvalue weighted by Crippen LogP contribution is -2.25. The summed E-state index contributed by atoms with van der Waals surface area (Å²) in [6, 6.07) is 2.96. The smallest absolute Gasteiger partial charge is 0.246 e. The van der Waals surface area contributed by atoms with Crippen molar-refractivity contribution < 1.29 is 21.7 Å². The molecule has 6 nitrogen and oxygen atoms in total. The Balaban J connectivity index is 2.27. The monoisotopic (exact) mass is 303 g/mol. The van der Waals surface area contributed by atoms with Gasteiger partial charge in [-0.2, -0.15) is 0 Å². The van der Waals surface area contributed by atoms with E-state index in [-0.39, 0.29) is 18.0 Å². The number of benzene rings is 1. The first kappa shape index (κ1) is 14.4. The molecule has 0 amide bonds. The normalized spacial score (nSPS) is 11.8. The van der Waals surface area contributed by atoms with Gasteiger partial charge in [-0.3, -0.25) is 0 Å². The number of nitrogens with zero attached hydrogens (tertiary/aromatic N) is 1. The second-order valence-electron chi connectivity index (χ2n) is 4.07. The molecule has 0 fully saturated rings. The van der Waals surface area contributed by atoms with E-state index >= 15 is 0 Å². The van der Waals surface area contributed by atoms with Crippen LogP contribution in [-0.2, 0) is 16.6 Å². The van der Waals surface area contributed by atoms with Gasteiger partial charge in [-0.25, -0.2) is 21.9 Å². The van der Waals surface area contributed by atoms with Crippen LogP contribution < -0.4 is 10.5 Å². The van der Waals surface area contributed by atoms with Gasteiger partial charge in [-0.1, -0.05) is 5.16 Å². The van der Waals surface area contributed by atoms with E-state index in [1.165, 1.54) is 6.07 Å². The fourth-order valence-corrected chi connectivity index (χ4v) is 2.68. The number of nitrogen functional groups attached to an aromatic ring is 1. The van der Waals surface area contributed by atoms with Crippen LogP contribution >= 0.6 is 0 Å². The molecule has 1 heterocycles. The van der Waals surface area contributed by atoms with Crippen LogP contribution in [0.15, 0.2) is 27.6 Å². The number of hydrogen-bond acceptors (Lipinski definition) is 5. The zero-order valence-corrected chi connectivity index (χ0v) is 11.2. The fraction of sp³-hybridized carbons (Fsp3) is 0.182. The summed E-state index contributed by atoms with van der Waals surface area (Å²) < 4.78 is 57.7. The lowest BCUT2D eigenvalue weighted by atomic mass is 10.3. The molecule has 0 saturated carbocycles. The molecule has 0 spiro atoms. The van der Waals surface area contributed by atoms with Crippen molar-refractivity contribution in [2.24, 2.45) is 0 Å². The average Bonchev–Trinajstić information content (AvgIpc) is 2.71. The minimum Gasteiger partial charge on any atom is -0.399 e. The van der Waals surface area contributed by atoms with Gasteiger partial charge in [0, 0.05) is 11.8 Å². The quantitative estimate of drug-likeness (QED) is 0.830. The molecule has 20 heavy (non-hydrogen) atoms. The van der Waals surface area contributed by atoms with Crippen LogP contribution in [0.1, 0.15) is 11.5 Å². The number of aromatic nitrogens is 1. The van der Waals surface area contributed by atoms with Crippen LogP contribution in [0.4, 0.5) is 14.5 Å². The molecule has 108 valence electrons. The number of nitrogens with two attached hydrogens (primary N) is 1. The number of nitrogens with one attached hydrogen (secondary N) is 1. The summed E-state index contributed by atoms with van der Waals surface area (Å²) in [6.45, 7) is 1.38. The van der Waals surface area contributed by atoms with Crippen molar-refractivity contribution in [3.05, 3.63) is 41.3 Å². The number of aryl methyl sites for hydroxylation is 1. The van der Waals surface area contributed by atoms with Crippen molar-refractivity contribution >= 4 is 15.7 Å². The summed E-state index contributed by atoms with van der Waals surface area (Å²) in [5.41, 5.74) is 5.58. The molecule has 0 aliphatic rings. The zero-order valence-electron chi connectivity index (χ0n) is 10.4. The van der Waals surface area contributed by atoms with Crippen molar-refractivity contribution in [3.63, 3.8) is 0 Å². The summed E-state index contributed by atoms with van der Waals surface area (Å²) in [7, 11) is -4.37. The van der Waals surface area contributed by atoms with Crippen LogP contribution in [0.2, 0.25) is 0 Å². The Bertz CT molecular complexity index is 720. The minimum atomic E-state index is -4.37. The molecule has 0 bridgehead atoms. The number of anilines is 1. The third kappa shape index (κ3) is 2.94. The van der Waals surface area contributed by atoms with Crippen molar-refractivity contribution in [1.82, 2.24) is 9.88 Å². The lowest BCUT2D eigenvalue weighted by molar-refractivity contribution is 0.376. The van der Waals surface area contributed by atoms with E-state index in [0.29, 0.717) is 5.69 Å². The average molecular weight is 303 g/mol. The van der Waals surface area contributed by atoms with Crippen molar-refractivity contribution in [3.8, 4) is 0 Å². The third-order valence-corrected chi connectivity index (χ3v) is 3.85. The van der Waals surface area contributed by atoms with E-state index in [9.17, 15) is 17.2 Å². The summed E-state index contributed by atoms with van der Waals surface area (Å²) in [5.74, 6) is -2.30. The molecule has 0 radical (unpaired) electrons. The van der Waals surface area contributed by atoms with E-state index in [0.717, 1.165) is 12.1 Å². The molecule has 9 heteroatoms. The molecule has 2 rings (SSSR count). The Kier molecular flexibility index (Phi) is 3.73. The van der Waals surface area contributed by atoms with Gasteiger partial charge in [-0.15, -0.1) is 0 Å². The Labute approximate surface area is 113 Å². The molecule has 2 aromatic rings. The Hall–Kier alpha value is -2.00. The van der Waals surface area contributed by atoms with E-state index < -0.39 is 26.6 Å². The first-order valence-corrected chi connectivity index (χ1v) is 6.94. The van der Waals surface area contributed by atoms with Gasteiger partial charge >= 0.3 is 0 Å². The highest BCUT2D eigenvalue weighted by Gasteiger charge is 2.24. The van der Waals surface area contributed by atoms with Crippen molar-refractivity contribution in [2.75, 3.05) is 5.73 Å². The molecule has 0 aliphatic heterocycles. The summed E-state index contributed by atoms with van der Waals surface area (Å²) in [5, 5.41) is 3.56. The van der Waals surface area contributed by atoms with Gasteiger partial charge in [0.15, 0.2) is 10.7 Å². The Morgan fingerprint density at radius 2 is 1.90 bits per heavy atom. The maximum absolute atomic E-state index is 13.6. The van der Waals surface area contributed by atoms with Gasteiger partial charge in [0.1, 0.15) is 11.6 Å². The molecule has 0 aliphatic carbocycles. The third-order valence-electron chi connectivity index (χ3n) is 2.40. The van der Waals surface area contributed by atoms with Crippen molar-refractivity contribution in [2.45, 2.75) is 18.4 Å². The molecule has 0 unspecified atom stereocenters. The summed E-state index contributed by atoms with van der Waals surface area (Å²) in [4.78, 5) is -1.08. The van der Waals surface area contributed by atoms with Crippen LogP contribution in [0.25, 0.3) is 0 Å². The fourth-order valence-electron chi connectivity index (χ4n) is 1.57. The number of hydrogen-bond donors (Lipinski definition) is 2. The van der Waals surface area contributed by atoms with Gasteiger partial charge in [0.2, 0.25) is 10.0 Å². The van der Waals surface area contributed by atoms with Gasteiger partial charge in [0.05, 0.1) is 12.2 Å². The second-order valence-corrected chi connectivity index (χ2v) is 5.78. The van der Waals surface area contributed by atoms with Crippen LogP contribution in [0.3, 0.4) is 0 Å². The second kappa shape index (κ2) is 5.17. The SMILES string of the molecule is Cc1cc(CNS(=O)(=O)c2c(F)cc(N)cc2F)on1. The van der Waals surface area contributed by atoms with E-state index in [1.54, 1.807) is 6.92 Å². The summed E-state index contributed by atoms with van der Waals surface area (Å²) in [6.07, 6.45) is 0. The minimum absolute atomic E-state index is 0.204. The Morgan fingerprint density at radius 3 is 2.40 bits per heavy atom. The van der Waals surface area contributed by atoms with Gasteiger partial charge < -0.3 is 10.3 Å². The topological polar surface area (TPSA) is 98.2 Å². The van der Waals surface area contributed by atoms with Gasteiger partial charge in [-0.05, 0) is 19.1 Å². The standard InChI is InChI=1S/C11H11F2N3O3S/c1-6-2-8(19-16-6)5-15-20(17,18)11-9(12)3-7(14)4-10(11)13/h2-4,15H,5,14H2,1H3. The first-order chi connectivity index (χ1) is 9.29. The first-order valence-electron chi connectivity index (χ1n) is 5.46. The van der Waals surface area contributed by atoms with Gasteiger partial charge in [0.25, 0.3) is 0 Å². The van der Waals surface area contributed by atoms with E-state index in [4.69, 9.17) is 10.3 Å². The molecule has 0 atom stereocenters. The number of rotatable bonds is 4. The highest BCUT2D eigenvalue weighted by molar-refractivity contribution is 7.89. The van der Waals surface area contributed by atoms with Crippen molar-refractivity contribution in [1.29, 1.82) is 0 Å². The maximum Gasteiger partial charge on any atom is 0.246 e. The van der Waals surface area contributed by atoms with Crippen LogP contribution in [-0.4, -0.2) is 13.6 Å². The number of halogens is 2.